The van der Waals surface area contributed by atoms with Gasteiger partial charge in [-0.25, -0.2) is 0 Å². The van der Waals surface area contributed by atoms with Crippen LogP contribution in [0.5, 0.6) is 0 Å². The molecule has 0 unspecified atom stereocenters. The number of thioether (sulfide) groups is 3. The summed E-state index contributed by atoms with van der Waals surface area (Å²) in [5.41, 5.74) is 0. The molecule has 2 aromatic rings. The first kappa shape index (κ1) is 14.6. The van der Waals surface area contributed by atoms with Gasteiger partial charge < -0.3 is 0 Å². The van der Waals surface area contributed by atoms with Gasteiger partial charge >= 0.3 is 0 Å². The predicted octanol–water partition coefficient (Wildman–Crippen LogP) is 5.77. The highest BCUT2D eigenvalue weighted by atomic mass is 32.3. The van der Waals surface area contributed by atoms with E-state index in [0.29, 0.717) is 3.91 Å². The monoisotopic (exact) mass is 304 g/mol. The topological polar surface area (TPSA) is 0 Å². The first-order valence-electron chi connectivity index (χ1n) is 6.04. The van der Waals surface area contributed by atoms with Gasteiger partial charge in [-0.3, -0.25) is 0 Å². The number of benzene rings is 2. The fourth-order valence-corrected chi connectivity index (χ4v) is 5.37. The van der Waals surface area contributed by atoms with Crippen LogP contribution >= 0.6 is 35.3 Å². The fraction of sp³-hybridized carbons (Fsp3) is 0.125. The van der Waals surface area contributed by atoms with Crippen molar-refractivity contribution in [1.29, 1.82) is 0 Å². The highest BCUT2D eigenvalue weighted by molar-refractivity contribution is 8.32. The summed E-state index contributed by atoms with van der Waals surface area (Å²) in [6, 6.07) is 21.1. The number of hydrogen-bond acceptors (Lipinski definition) is 3. The van der Waals surface area contributed by atoms with Crippen molar-refractivity contribution in [3.63, 3.8) is 0 Å². The van der Waals surface area contributed by atoms with E-state index in [1.54, 1.807) is 0 Å². The summed E-state index contributed by atoms with van der Waals surface area (Å²) in [6.45, 7) is 3.81. The SMILES string of the molecule is C=CCSC(Sc1ccccc1)Sc1ccccc1. The highest BCUT2D eigenvalue weighted by Crippen LogP contribution is 2.42. The summed E-state index contributed by atoms with van der Waals surface area (Å²) in [4.78, 5) is 2.62. The minimum absolute atomic E-state index is 0.447. The molecular weight excluding hydrogens is 288 g/mol. The quantitative estimate of drug-likeness (QED) is 0.362. The molecule has 0 aliphatic rings. The van der Waals surface area contributed by atoms with Crippen molar-refractivity contribution in [1.82, 2.24) is 0 Å². The maximum Gasteiger partial charge on any atom is 0.105 e. The summed E-state index contributed by atoms with van der Waals surface area (Å²) >= 11 is 5.72. The molecule has 0 atom stereocenters. The van der Waals surface area contributed by atoms with Crippen molar-refractivity contribution in [2.24, 2.45) is 0 Å². The molecule has 0 fully saturated rings. The Morgan fingerprint density at radius 1 is 0.842 bits per heavy atom. The molecule has 0 saturated carbocycles. The fourth-order valence-electron chi connectivity index (χ4n) is 1.46. The molecule has 0 aliphatic heterocycles. The maximum atomic E-state index is 3.81. The van der Waals surface area contributed by atoms with Crippen molar-refractivity contribution < 1.29 is 0 Å². The lowest BCUT2D eigenvalue weighted by atomic mass is 10.4. The maximum absolute atomic E-state index is 3.81. The van der Waals surface area contributed by atoms with Gasteiger partial charge in [0.05, 0.1) is 0 Å². The summed E-state index contributed by atoms with van der Waals surface area (Å²) < 4.78 is 0.447. The molecule has 0 radical (unpaired) electrons. The Morgan fingerprint density at radius 3 is 1.74 bits per heavy atom. The normalized spacial score (nSPS) is 10.6. The minimum Gasteiger partial charge on any atom is -0.132 e. The van der Waals surface area contributed by atoms with Crippen LogP contribution in [-0.2, 0) is 0 Å². The van der Waals surface area contributed by atoms with Crippen LogP contribution in [0.2, 0.25) is 0 Å². The van der Waals surface area contributed by atoms with Gasteiger partial charge in [0.1, 0.15) is 3.91 Å². The average Bonchev–Trinajstić information content (AvgIpc) is 2.47. The summed E-state index contributed by atoms with van der Waals surface area (Å²) in [5.74, 6) is 0.977. The van der Waals surface area contributed by atoms with Crippen LogP contribution in [0.3, 0.4) is 0 Å². The molecule has 3 heteroatoms. The molecule has 19 heavy (non-hydrogen) atoms. The molecular formula is C16H16S3. The zero-order valence-corrected chi connectivity index (χ0v) is 13.0. The van der Waals surface area contributed by atoms with E-state index in [1.165, 1.54) is 9.79 Å². The molecule has 0 spiro atoms. The Kier molecular flexibility index (Phi) is 6.48. The van der Waals surface area contributed by atoms with Gasteiger partial charge in [0.15, 0.2) is 0 Å². The number of rotatable bonds is 7. The Hall–Kier alpha value is -0.770. The van der Waals surface area contributed by atoms with Crippen molar-refractivity contribution in [3.05, 3.63) is 73.3 Å². The van der Waals surface area contributed by atoms with Gasteiger partial charge in [0, 0.05) is 15.5 Å². The van der Waals surface area contributed by atoms with E-state index >= 15 is 0 Å². The van der Waals surface area contributed by atoms with E-state index in [1.807, 2.05) is 41.4 Å². The summed E-state index contributed by atoms with van der Waals surface area (Å²) in [5, 5.41) is 0. The lowest BCUT2D eigenvalue weighted by Gasteiger charge is -2.15. The molecule has 0 aliphatic carbocycles. The van der Waals surface area contributed by atoms with E-state index in [2.05, 4.69) is 67.2 Å². The van der Waals surface area contributed by atoms with Gasteiger partial charge in [0.2, 0.25) is 0 Å². The minimum atomic E-state index is 0.447. The van der Waals surface area contributed by atoms with E-state index in [-0.39, 0.29) is 0 Å². The highest BCUT2D eigenvalue weighted by Gasteiger charge is 2.11. The lowest BCUT2D eigenvalue weighted by molar-refractivity contribution is 1.45. The van der Waals surface area contributed by atoms with Crippen LogP contribution in [0.1, 0.15) is 0 Å². The molecule has 0 aromatic heterocycles. The average molecular weight is 305 g/mol. The van der Waals surface area contributed by atoms with Crippen molar-refractivity contribution >= 4 is 35.3 Å². The second kappa shape index (κ2) is 8.41. The Morgan fingerprint density at radius 2 is 1.32 bits per heavy atom. The van der Waals surface area contributed by atoms with Crippen LogP contribution in [0.15, 0.2) is 83.1 Å². The zero-order valence-electron chi connectivity index (χ0n) is 10.6. The van der Waals surface area contributed by atoms with Crippen molar-refractivity contribution in [2.45, 2.75) is 13.7 Å². The van der Waals surface area contributed by atoms with Crippen molar-refractivity contribution in [2.75, 3.05) is 5.75 Å². The summed E-state index contributed by atoms with van der Waals surface area (Å²) in [7, 11) is 0. The van der Waals surface area contributed by atoms with Gasteiger partial charge in [-0.1, -0.05) is 42.5 Å². The second-order valence-electron chi connectivity index (χ2n) is 3.77. The van der Waals surface area contributed by atoms with Crippen LogP contribution < -0.4 is 0 Å². The summed E-state index contributed by atoms with van der Waals surface area (Å²) in [6.07, 6.45) is 1.97. The molecule has 2 rings (SSSR count). The zero-order chi connectivity index (χ0) is 13.3. The van der Waals surface area contributed by atoms with E-state index in [0.717, 1.165) is 5.75 Å². The molecule has 0 heterocycles. The first-order valence-corrected chi connectivity index (χ1v) is 8.85. The Bertz CT molecular complexity index is 440. The third kappa shape index (κ3) is 5.39. The number of hydrogen-bond donors (Lipinski definition) is 0. The van der Waals surface area contributed by atoms with E-state index in [4.69, 9.17) is 0 Å². The third-order valence-corrected chi connectivity index (χ3v) is 6.45. The van der Waals surface area contributed by atoms with E-state index in [9.17, 15) is 0 Å². The van der Waals surface area contributed by atoms with Gasteiger partial charge in [0.25, 0.3) is 0 Å². The molecule has 0 amide bonds. The molecule has 0 saturated heterocycles. The molecule has 0 N–H and O–H groups in total. The molecule has 0 bridgehead atoms. The van der Waals surface area contributed by atoms with Gasteiger partial charge in [-0.2, -0.15) is 0 Å². The van der Waals surface area contributed by atoms with Crippen LogP contribution in [-0.4, -0.2) is 9.67 Å². The predicted molar refractivity (Wildman–Crippen MR) is 91.0 cm³/mol. The molecule has 0 nitrogen and oxygen atoms in total. The van der Waals surface area contributed by atoms with Crippen LogP contribution in [0.25, 0.3) is 0 Å². The van der Waals surface area contributed by atoms with Gasteiger partial charge in [-0.15, -0.1) is 41.9 Å². The Balaban J connectivity index is 2.01. The second-order valence-corrected chi connectivity index (χ2v) is 8.16. The molecule has 98 valence electrons. The van der Waals surface area contributed by atoms with Crippen LogP contribution in [0, 0.1) is 0 Å². The first-order chi connectivity index (χ1) is 9.38. The van der Waals surface area contributed by atoms with Gasteiger partial charge in [-0.05, 0) is 24.3 Å². The lowest BCUT2D eigenvalue weighted by Crippen LogP contribution is -1.91. The largest absolute Gasteiger partial charge is 0.132 e. The standard InChI is InChI=1S/C16H16S3/c1-2-13-17-16(18-14-9-5-3-6-10-14)19-15-11-7-4-8-12-15/h2-12,16H,1,13H2. The molecule has 2 aromatic carbocycles. The van der Waals surface area contributed by atoms with Crippen molar-refractivity contribution in [3.8, 4) is 0 Å². The van der Waals surface area contributed by atoms with E-state index < -0.39 is 0 Å². The smallest absolute Gasteiger partial charge is 0.105 e. The third-order valence-electron chi connectivity index (χ3n) is 2.30. The Labute approximate surface area is 128 Å². The van der Waals surface area contributed by atoms with Crippen LogP contribution in [0.4, 0.5) is 0 Å².